The highest BCUT2D eigenvalue weighted by atomic mass is 16.3. The van der Waals surface area contributed by atoms with E-state index >= 15 is 0 Å². The summed E-state index contributed by atoms with van der Waals surface area (Å²) in [6.45, 7) is 1.80. The molecule has 1 aliphatic heterocycles. The fraction of sp³-hybridized carbons (Fsp3) is 0.900. The van der Waals surface area contributed by atoms with Crippen LogP contribution >= 0.6 is 0 Å². The minimum atomic E-state index is -0.466. The van der Waals surface area contributed by atoms with Gasteiger partial charge in [-0.2, -0.15) is 0 Å². The van der Waals surface area contributed by atoms with E-state index in [1.165, 1.54) is 0 Å². The highest BCUT2D eigenvalue weighted by Crippen LogP contribution is 2.44. The third kappa shape index (κ3) is 1.77. The summed E-state index contributed by atoms with van der Waals surface area (Å²) in [5.74, 6) is 0.621. The van der Waals surface area contributed by atoms with Crippen molar-refractivity contribution >= 4 is 5.91 Å². The number of hydrogen-bond donors (Lipinski definition) is 1. The van der Waals surface area contributed by atoms with E-state index in [-0.39, 0.29) is 5.91 Å². The highest BCUT2D eigenvalue weighted by Gasteiger charge is 2.51. The van der Waals surface area contributed by atoms with Crippen LogP contribution in [-0.4, -0.2) is 60.1 Å². The molecule has 0 aromatic rings. The summed E-state index contributed by atoms with van der Waals surface area (Å²) in [6, 6.07) is 0. The van der Waals surface area contributed by atoms with Gasteiger partial charge in [0.05, 0.1) is 12.1 Å². The highest BCUT2D eigenvalue weighted by molar-refractivity contribution is 5.77. The number of nitrogens with zero attached hydrogens (tertiary/aromatic N) is 2. The molecule has 4 heteroatoms. The predicted octanol–water partition coefficient (Wildman–Crippen LogP) is -0.469. The molecule has 1 saturated heterocycles. The van der Waals surface area contributed by atoms with Crippen molar-refractivity contribution in [3.63, 3.8) is 0 Å². The molecule has 0 spiro atoms. The maximum Gasteiger partial charge on any atom is 0.236 e. The van der Waals surface area contributed by atoms with Crippen LogP contribution < -0.4 is 0 Å². The van der Waals surface area contributed by atoms with Crippen molar-refractivity contribution in [1.29, 1.82) is 0 Å². The lowest BCUT2D eigenvalue weighted by Gasteiger charge is -2.46. The van der Waals surface area contributed by atoms with Crippen LogP contribution in [0.2, 0.25) is 0 Å². The first-order valence-corrected chi connectivity index (χ1v) is 5.16. The summed E-state index contributed by atoms with van der Waals surface area (Å²) in [4.78, 5) is 15.0. The number of rotatable bonds is 3. The van der Waals surface area contributed by atoms with Gasteiger partial charge < -0.3 is 10.0 Å². The molecule has 0 radical (unpaired) electrons. The summed E-state index contributed by atoms with van der Waals surface area (Å²) in [6.07, 6.45) is 2.32. The van der Waals surface area contributed by atoms with Crippen LogP contribution in [0.4, 0.5) is 0 Å². The number of aliphatic hydroxyl groups is 1. The number of hydrogen-bond acceptors (Lipinski definition) is 3. The van der Waals surface area contributed by atoms with Crippen molar-refractivity contribution in [3.05, 3.63) is 0 Å². The smallest absolute Gasteiger partial charge is 0.236 e. The molecule has 1 N–H and O–H groups in total. The number of β-amino-alcohol motifs (C(OH)–C–C–N with tert-alkyl or cyclic N) is 1. The van der Waals surface area contributed by atoms with E-state index < -0.39 is 5.60 Å². The van der Waals surface area contributed by atoms with E-state index in [2.05, 4.69) is 0 Å². The van der Waals surface area contributed by atoms with Gasteiger partial charge in [0.1, 0.15) is 0 Å². The quantitative estimate of drug-likeness (QED) is 0.667. The Morgan fingerprint density at radius 2 is 2.07 bits per heavy atom. The first kappa shape index (κ1) is 9.93. The molecule has 0 unspecified atom stereocenters. The summed E-state index contributed by atoms with van der Waals surface area (Å²) in [5, 5.41) is 10.0. The van der Waals surface area contributed by atoms with Crippen molar-refractivity contribution in [2.75, 3.05) is 33.7 Å². The minimum absolute atomic E-state index is 0.114. The Morgan fingerprint density at radius 3 is 2.50 bits per heavy atom. The molecular weight excluding hydrogens is 180 g/mol. The van der Waals surface area contributed by atoms with Gasteiger partial charge in [0.25, 0.3) is 0 Å². The molecule has 0 atom stereocenters. The van der Waals surface area contributed by atoms with E-state index in [0.717, 1.165) is 12.8 Å². The van der Waals surface area contributed by atoms with Crippen LogP contribution in [0.25, 0.3) is 0 Å². The lowest BCUT2D eigenvalue weighted by Crippen LogP contribution is -2.64. The first-order chi connectivity index (χ1) is 6.51. The summed E-state index contributed by atoms with van der Waals surface area (Å²) in [7, 11) is 3.52. The maximum atomic E-state index is 11.3. The fourth-order valence-electron chi connectivity index (χ4n) is 2.05. The van der Waals surface area contributed by atoms with Crippen LogP contribution in [-0.2, 0) is 4.79 Å². The Hall–Kier alpha value is -0.610. The van der Waals surface area contributed by atoms with Crippen LogP contribution in [0.15, 0.2) is 0 Å². The molecule has 1 aliphatic carbocycles. The standard InChI is InChI=1S/C10H18N2O2/c1-11(2)9(13)5-12-6-10(14,7-12)8-3-4-8/h8,14H,3-7H2,1-2H3. The molecule has 4 nitrogen and oxygen atoms in total. The van der Waals surface area contributed by atoms with E-state index in [0.29, 0.717) is 25.6 Å². The monoisotopic (exact) mass is 198 g/mol. The predicted molar refractivity (Wildman–Crippen MR) is 52.8 cm³/mol. The van der Waals surface area contributed by atoms with Gasteiger partial charge >= 0.3 is 0 Å². The topological polar surface area (TPSA) is 43.8 Å². The van der Waals surface area contributed by atoms with E-state index in [1.807, 2.05) is 4.90 Å². The van der Waals surface area contributed by atoms with Gasteiger partial charge in [0.2, 0.25) is 5.91 Å². The number of likely N-dealkylation sites (N-methyl/N-ethyl adjacent to an activating group) is 1. The number of amides is 1. The van der Waals surface area contributed by atoms with E-state index in [4.69, 9.17) is 0 Å². The van der Waals surface area contributed by atoms with Gasteiger partial charge in [-0.1, -0.05) is 0 Å². The number of carbonyl (C=O) groups is 1. The van der Waals surface area contributed by atoms with Crippen molar-refractivity contribution in [3.8, 4) is 0 Å². The fourth-order valence-corrected chi connectivity index (χ4v) is 2.05. The Kier molecular flexibility index (Phi) is 2.27. The molecule has 1 saturated carbocycles. The average molecular weight is 198 g/mol. The van der Waals surface area contributed by atoms with Gasteiger partial charge in [0.15, 0.2) is 0 Å². The van der Waals surface area contributed by atoms with Gasteiger partial charge in [-0.25, -0.2) is 0 Å². The molecular formula is C10H18N2O2. The van der Waals surface area contributed by atoms with Gasteiger partial charge in [-0.05, 0) is 18.8 Å². The van der Waals surface area contributed by atoms with Crippen molar-refractivity contribution in [1.82, 2.24) is 9.80 Å². The molecule has 0 bridgehead atoms. The SMILES string of the molecule is CN(C)C(=O)CN1CC(O)(C2CC2)C1. The second-order valence-electron chi connectivity index (χ2n) is 4.81. The summed E-state index contributed by atoms with van der Waals surface area (Å²) < 4.78 is 0. The van der Waals surface area contributed by atoms with Crippen molar-refractivity contribution in [2.45, 2.75) is 18.4 Å². The number of carbonyl (C=O) groups excluding carboxylic acids is 1. The Balaban J connectivity index is 1.74. The molecule has 1 heterocycles. The lowest BCUT2D eigenvalue weighted by atomic mass is 9.89. The Bertz CT molecular complexity index is 243. The minimum Gasteiger partial charge on any atom is -0.387 e. The zero-order valence-corrected chi connectivity index (χ0v) is 8.86. The van der Waals surface area contributed by atoms with Crippen molar-refractivity contribution < 1.29 is 9.90 Å². The molecule has 2 fully saturated rings. The molecule has 1 amide bonds. The van der Waals surface area contributed by atoms with Gasteiger partial charge in [0, 0.05) is 27.2 Å². The molecule has 80 valence electrons. The molecule has 0 aromatic carbocycles. The molecule has 14 heavy (non-hydrogen) atoms. The normalized spacial score (nSPS) is 25.6. The largest absolute Gasteiger partial charge is 0.387 e. The zero-order chi connectivity index (χ0) is 10.3. The van der Waals surface area contributed by atoms with Gasteiger partial charge in [-0.3, -0.25) is 9.69 Å². The summed E-state index contributed by atoms with van der Waals surface area (Å²) >= 11 is 0. The number of likely N-dealkylation sites (tertiary alicyclic amines) is 1. The van der Waals surface area contributed by atoms with Crippen LogP contribution in [0.5, 0.6) is 0 Å². The Labute approximate surface area is 84.5 Å². The molecule has 0 aromatic heterocycles. The zero-order valence-electron chi connectivity index (χ0n) is 8.86. The second-order valence-corrected chi connectivity index (χ2v) is 4.81. The summed E-state index contributed by atoms with van der Waals surface area (Å²) in [5.41, 5.74) is -0.466. The van der Waals surface area contributed by atoms with Gasteiger partial charge in [-0.15, -0.1) is 0 Å². The molecule has 2 aliphatic rings. The average Bonchev–Trinajstić information content (AvgIpc) is 2.82. The van der Waals surface area contributed by atoms with Crippen LogP contribution in [0.3, 0.4) is 0 Å². The second kappa shape index (κ2) is 3.21. The Morgan fingerprint density at radius 1 is 1.50 bits per heavy atom. The first-order valence-electron chi connectivity index (χ1n) is 5.16. The van der Waals surface area contributed by atoms with E-state index in [1.54, 1.807) is 19.0 Å². The third-order valence-corrected chi connectivity index (χ3v) is 3.19. The lowest BCUT2D eigenvalue weighted by molar-refractivity contribution is -0.142. The van der Waals surface area contributed by atoms with Crippen molar-refractivity contribution in [2.24, 2.45) is 5.92 Å². The van der Waals surface area contributed by atoms with Crippen LogP contribution in [0, 0.1) is 5.92 Å². The third-order valence-electron chi connectivity index (χ3n) is 3.19. The maximum absolute atomic E-state index is 11.3. The van der Waals surface area contributed by atoms with E-state index in [9.17, 15) is 9.90 Å². The molecule has 2 rings (SSSR count). The van der Waals surface area contributed by atoms with Crippen LogP contribution in [0.1, 0.15) is 12.8 Å².